The quantitative estimate of drug-likeness (QED) is 0.361. The minimum atomic E-state index is -0.199. The predicted molar refractivity (Wildman–Crippen MR) is 116 cm³/mol. The first-order valence-corrected chi connectivity index (χ1v) is 12.9. The summed E-state index contributed by atoms with van der Waals surface area (Å²) in [5.74, 6) is 0. The number of benzene rings is 2. The van der Waals surface area contributed by atoms with Gasteiger partial charge in [-0.3, -0.25) is 0 Å². The standard InChI is InChI=1S/C24H22IS2/c1-15-7-5-9-19(17(15)3)21-11-13-26-23(21)25-24-22(12-14-27-24)20-10-6-8-16(2)18(20)4/h5-14H,1-4H3/q+1. The number of halogens is 1. The summed E-state index contributed by atoms with van der Waals surface area (Å²) >= 11 is 3.65. The van der Waals surface area contributed by atoms with E-state index in [4.69, 9.17) is 0 Å². The molecule has 0 aliphatic carbocycles. The molecule has 0 unspecified atom stereocenters. The minimum Gasteiger partial charge on any atom is -0.0956 e. The van der Waals surface area contributed by atoms with Crippen molar-refractivity contribution in [3.05, 3.63) is 87.3 Å². The third-order valence-corrected chi connectivity index (χ3v) is 11.3. The zero-order valence-corrected chi connectivity index (χ0v) is 19.8. The molecule has 0 N–H and O–H groups in total. The maximum absolute atomic E-state index is 2.31. The van der Waals surface area contributed by atoms with Gasteiger partial charge in [0.05, 0.1) is 0 Å². The lowest BCUT2D eigenvalue weighted by Gasteiger charge is -2.07. The van der Waals surface area contributed by atoms with E-state index < -0.39 is 0 Å². The van der Waals surface area contributed by atoms with Crippen molar-refractivity contribution in [1.82, 2.24) is 0 Å². The third-order valence-electron chi connectivity index (χ3n) is 5.20. The number of aryl methyl sites for hydroxylation is 2. The molecule has 0 aliphatic heterocycles. The van der Waals surface area contributed by atoms with E-state index in [9.17, 15) is 0 Å². The minimum absolute atomic E-state index is 0.199. The van der Waals surface area contributed by atoms with Crippen LogP contribution in [0.5, 0.6) is 0 Å². The molecule has 0 saturated carbocycles. The molecule has 2 aromatic heterocycles. The Morgan fingerprint density at radius 1 is 0.556 bits per heavy atom. The van der Waals surface area contributed by atoms with E-state index in [1.54, 1.807) is 5.77 Å². The molecule has 3 heteroatoms. The summed E-state index contributed by atoms with van der Waals surface area (Å²) in [5, 5.41) is 4.52. The van der Waals surface area contributed by atoms with Crippen LogP contribution in [0.15, 0.2) is 59.3 Å². The highest BCUT2D eigenvalue weighted by atomic mass is 127. The topological polar surface area (TPSA) is 0 Å². The predicted octanol–water partition coefficient (Wildman–Crippen LogP) is 4.51. The van der Waals surface area contributed by atoms with E-state index in [1.807, 2.05) is 22.7 Å². The molecule has 0 atom stereocenters. The molecular weight excluding hydrogens is 479 g/mol. The molecule has 0 radical (unpaired) electrons. The van der Waals surface area contributed by atoms with E-state index in [-0.39, 0.29) is 21.2 Å². The van der Waals surface area contributed by atoms with Crippen LogP contribution in [0.3, 0.4) is 0 Å². The van der Waals surface area contributed by atoms with Gasteiger partial charge in [-0.2, -0.15) is 0 Å². The van der Waals surface area contributed by atoms with Crippen LogP contribution in [0.1, 0.15) is 22.3 Å². The number of rotatable bonds is 4. The van der Waals surface area contributed by atoms with Crippen LogP contribution in [-0.4, -0.2) is 0 Å². The molecule has 0 bridgehead atoms. The van der Waals surface area contributed by atoms with Gasteiger partial charge in [0.15, 0.2) is 0 Å². The average molecular weight is 501 g/mol. The third kappa shape index (κ3) is 3.65. The van der Waals surface area contributed by atoms with Gasteiger partial charge in [-0.1, -0.05) is 59.1 Å². The summed E-state index contributed by atoms with van der Waals surface area (Å²) in [6.45, 7) is 8.91. The Balaban J connectivity index is 1.74. The second-order valence-corrected chi connectivity index (χ2v) is 12.8. The molecule has 0 spiro atoms. The zero-order valence-electron chi connectivity index (χ0n) is 16.0. The number of hydrogen-bond donors (Lipinski definition) is 0. The van der Waals surface area contributed by atoms with Crippen LogP contribution in [0, 0.1) is 33.5 Å². The fourth-order valence-corrected chi connectivity index (χ4v) is 9.60. The Morgan fingerprint density at radius 3 is 1.44 bits per heavy atom. The van der Waals surface area contributed by atoms with E-state index in [0.29, 0.717) is 0 Å². The molecule has 27 heavy (non-hydrogen) atoms. The fraction of sp³-hybridized carbons (Fsp3) is 0.167. The lowest BCUT2D eigenvalue weighted by atomic mass is 9.99. The van der Waals surface area contributed by atoms with Crippen LogP contribution < -0.4 is 21.2 Å². The van der Waals surface area contributed by atoms with Crippen molar-refractivity contribution in [3.8, 4) is 22.3 Å². The molecule has 2 heterocycles. The van der Waals surface area contributed by atoms with Crippen LogP contribution in [0.2, 0.25) is 0 Å². The summed E-state index contributed by atoms with van der Waals surface area (Å²) in [6.07, 6.45) is 0. The van der Waals surface area contributed by atoms with E-state index in [1.165, 1.54) is 44.5 Å². The Bertz CT molecular complexity index is 1010. The second kappa shape index (κ2) is 7.90. The maximum Gasteiger partial charge on any atom is 0.383 e. The SMILES string of the molecule is Cc1cccc(-c2ccsc2[I+]c2sccc2-c2cccc(C)c2C)c1C. The molecular formula is C24H22IS2+. The van der Waals surface area contributed by atoms with E-state index in [2.05, 4.69) is 87.0 Å². The highest BCUT2D eigenvalue weighted by Crippen LogP contribution is 2.29. The Morgan fingerprint density at radius 2 is 1.00 bits per heavy atom. The number of hydrogen-bond acceptors (Lipinski definition) is 2. The summed E-state index contributed by atoms with van der Waals surface area (Å²) in [5.41, 5.74) is 11.2. The Kier molecular flexibility index (Phi) is 5.53. The molecule has 2 aromatic carbocycles. The lowest BCUT2D eigenvalue weighted by Crippen LogP contribution is -3.61. The van der Waals surface area contributed by atoms with Crippen molar-refractivity contribution in [3.63, 3.8) is 0 Å². The van der Waals surface area contributed by atoms with Crippen LogP contribution in [0.4, 0.5) is 0 Å². The van der Waals surface area contributed by atoms with Crippen molar-refractivity contribution in [1.29, 1.82) is 0 Å². The summed E-state index contributed by atoms with van der Waals surface area (Å²) in [6, 6.07) is 18.0. The first-order valence-electron chi connectivity index (χ1n) is 8.99. The molecule has 0 amide bonds. The molecule has 4 rings (SSSR count). The molecule has 0 nitrogen and oxygen atoms in total. The first-order chi connectivity index (χ1) is 13.1. The molecule has 0 aliphatic rings. The van der Waals surface area contributed by atoms with Crippen molar-refractivity contribution < 1.29 is 21.2 Å². The molecule has 136 valence electrons. The summed E-state index contributed by atoms with van der Waals surface area (Å²) in [7, 11) is 0. The van der Waals surface area contributed by atoms with Crippen LogP contribution in [-0.2, 0) is 0 Å². The Labute approximate surface area is 180 Å². The zero-order chi connectivity index (χ0) is 19.0. The second-order valence-electron chi connectivity index (χ2n) is 6.81. The monoisotopic (exact) mass is 501 g/mol. The van der Waals surface area contributed by atoms with Crippen molar-refractivity contribution in [2.24, 2.45) is 0 Å². The summed E-state index contributed by atoms with van der Waals surface area (Å²) in [4.78, 5) is 0. The molecule has 0 saturated heterocycles. The molecule has 0 fully saturated rings. The first kappa shape index (κ1) is 18.9. The highest BCUT2D eigenvalue weighted by molar-refractivity contribution is 7.08. The van der Waals surface area contributed by atoms with E-state index in [0.717, 1.165) is 0 Å². The van der Waals surface area contributed by atoms with Gasteiger partial charge in [-0.05, 0) is 84.0 Å². The normalized spacial score (nSPS) is 11.1. The van der Waals surface area contributed by atoms with Gasteiger partial charge in [0.2, 0.25) is 0 Å². The van der Waals surface area contributed by atoms with Gasteiger partial charge in [0.25, 0.3) is 5.77 Å². The lowest BCUT2D eigenvalue weighted by molar-refractivity contribution is -0.583. The van der Waals surface area contributed by atoms with Gasteiger partial charge >= 0.3 is 21.2 Å². The van der Waals surface area contributed by atoms with Crippen LogP contribution >= 0.6 is 22.7 Å². The fourth-order valence-electron chi connectivity index (χ4n) is 3.28. The van der Waals surface area contributed by atoms with Crippen molar-refractivity contribution in [2.75, 3.05) is 0 Å². The van der Waals surface area contributed by atoms with Gasteiger partial charge in [-0.25, -0.2) is 0 Å². The maximum atomic E-state index is 2.31. The Hall–Kier alpha value is -1.43. The van der Waals surface area contributed by atoms with Crippen LogP contribution in [0.25, 0.3) is 22.3 Å². The van der Waals surface area contributed by atoms with Gasteiger partial charge < -0.3 is 0 Å². The highest BCUT2D eigenvalue weighted by Gasteiger charge is 2.28. The van der Waals surface area contributed by atoms with Crippen molar-refractivity contribution >= 4 is 22.7 Å². The van der Waals surface area contributed by atoms with Crippen molar-refractivity contribution in [2.45, 2.75) is 27.7 Å². The van der Waals surface area contributed by atoms with E-state index >= 15 is 0 Å². The summed E-state index contributed by atoms with van der Waals surface area (Å²) < 4.78 is 3.13. The van der Waals surface area contributed by atoms with Gasteiger partial charge in [0.1, 0.15) is 0 Å². The largest absolute Gasteiger partial charge is 0.383 e. The number of thiophene rings is 2. The van der Waals surface area contributed by atoms with Gasteiger partial charge in [0, 0.05) is 11.1 Å². The molecule has 4 aromatic rings. The average Bonchev–Trinajstić information content (AvgIpc) is 3.30. The smallest absolute Gasteiger partial charge is 0.0956 e. The van der Waals surface area contributed by atoms with Gasteiger partial charge in [-0.15, -0.1) is 0 Å².